The molecular weight excluding hydrogens is 496 g/mol. The van der Waals surface area contributed by atoms with Crippen LogP contribution < -0.4 is 21.1 Å². The predicted molar refractivity (Wildman–Crippen MR) is 146 cm³/mol. The van der Waals surface area contributed by atoms with Crippen LogP contribution in [0.5, 0.6) is 5.75 Å². The second-order valence-electron chi connectivity index (χ2n) is 10.1. The van der Waals surface area contributed by atoms with E-state index in [1.807, 2.05) is 12.1 Å². The standard InChI is InChI=1S/C30H32N4O5/c31-29(37)24-11-12-27(35)32-17-28(36)34-14-13-22(16-19-9-10-20-5-1-2-6-21(20)15-19)25(34)18-39-26-8-4-3-7-23(26)30(38)33-24/h1-10,15,22,24-25H,11-14,16-18H2,(H2,31,37)(H,32,35)(H,33,38). The number of hydrogen-bond donors (Lipinski definition) is 3. The molecule has 0 aromatic heterocycles. The molecule has 9 heteroatoms. The molecule has 2 aliphatic heterocycles. The summed E-state index contributed by atoms with van der Waals surface area (Å²) < 4.78 is 6.19. The first-order valence-electron chi connectivity index (χ1n) is 13.2. The van der Waals surface area contributed by atoms with E-state index in [2.05, 4.69) is 41.0 Å². The van der Waals surface area contributed by atoms with Crippen molar-refractivity contribution in [3.05, 3.63) is 77.9 Å². The Morgan fingerprint density at radius 1 is 0.974 bits per heavy atom. The van der Waals surface area contributed by atoms with Gasteiger partial charge in [-0.3, -0.25) is 19.2 Å². The molecule has 1 fully saturated rings. The highest BCUT2D eigenvalue weighted by atomic mass is 16.5. The maximum Gasteiger partial charge on any atom is 0.255 e. The zero-order chi connectivity index (χ0) is 27.4. The topological polar surface area (TPSA) is 131 Å². The highest BCUT2D eigenvalue weighted by Gasteiger charge is 2.38. The third-order valence-electron chi connectivity index (χ3n) is 7.60. The molecule has 3 atom stereocenters. The number of nitrogens with zero attached hydrogens (tertiary/aromatic N) is 1. The fourth-order valence-electron chi connectivity index (χ4n) is 5.48. The summed E-state index contributed by atoms with van der Waals surface area (Å²) in [5.41, 5.74) is 6.90. The smallest absolute Gasteiger partial charge is 0.255 e. The van der Waals surface area contributed by atoms with Crippen LogP contribution in [0.25, 0.3) is 10.8 Å². The lowest BCUT2D eigenvalue weighted by molar-refractivity contribution is -0.134. The van der Waals surface area contributed by atoms with Gasteiger partial charge in [0, 0.05) is 13.0 Å². The summed E-state index contributed by atoms with van der Waals surface area (Å²) in [6, 6.07) is 20.1. The largest absolute Gasteiger partial charge is 0.491 e. The van der Waals surface area contributed by atoms with E-state index < -0.39 is 17.9 Å². The molecule has 0 aliphatic carbocycles. The highest BCUT2D eigenvalue weighted by molar-refractivity contribution is 5.99. The molecule has 3 unspecified atom stereocenters. The first-order chi connectivity index (χ1) is 18.9. The Balaban J connectivity index is 1.42. The number of ether oxygens (including phenoxy) is 1. The fraction of sp³-hybridized carbons (Fsp3) is 0.333. The van der Waals surface area contributed by atoms with Crippen molar-refractivity contribution in [2.24, 2.45) is 11.7 Å². The van der Waals surface area contributed by atoms with Crippen LogP contribution in [-0.4, -0.2) is 60.3 Å². The van der Waals surface area contributed by atoms with Crippen molar-refractivity contribution < 1.29 is 23.9 Å². The Bertz CT molecular complexity index is 1410. The van der Waals surface area contributed by atoms with Gasteiger partial charge in [-0.25, -0.2) is 0 Å². The van der Waals surface area contributed by atoms with Crippen LogP contribution in [0, 0.1) is 5.92 Å². The number of fused-ring (bicyclic) bond motifs is 3. The Kier molecular flexibility index (Phi) is 7.76. The second-order valence-corrected chi connectivity index (χ2v) is 10.1. The van der Waals surface area contributed by atoms with E-state index >= 15 is 0 Å². The third-order valence-corrected chi connectivity index (χ3v) is 7.60. The summed E-state index contributed by atoms with van der Waals surface area (Å²) >= 11 is 0. The number of amides is 4. The minimum Gasteiger partial charge on any atom is -0.491 e. The predicted octanol–water partition coefficient (Wildman–Crippen LogP) is 2.17. The number of carbonyl (C=O) groups excluding carboxylic acids is 4. The Labute approximate surface area is 226 Å². The molecule has 0 spiro atoms. The molecule has 0 bridgehead atoms. The quantitative estimate of drug-likeness (QED) is 0.480. The van der Waals surface area contributed by atoms with Gasteiger partial charge in [-0.2, -0.15) is 0 Å². The van der Waals surface area contributed by atoms with E-state index in [0.29, 0.717) is 12.3 Å². The van der Waals surface area contributed by atoms with Gasteiger partial charge in [-0.1, -0.05) is 54.6 Å². The van der Waals surface area contributed by atoms with Crippen molar-refractivity contribution in [1.29, 1.82) is 0 Å². The monoisotopic (exact) mass is 528 g/mol. The second kappa shape index (κ2) is 11.6. The van der Waals surface area contributed by atoms with E-state index in [1.54, 1.807) is 29.2 Å². The van der Waals surface area contributed by atoms with E-state index in [-0.39, 0.29) is 55.3 Å². The van der Waals surface area contributed by atoms with E-state index in [4.69, 9.17) is 10.5 Å². The van der Waals surface area contributed by atoms with Crippen LogP contribution in [0.15, 0.2) is 66.7 Å². The summed E-state index contributed by atoms with van der Waals surface area (Å²) in [7, 11) is 0. The molecule has 5 rings (SSSR count). The van der Waals surface area contributed by atoms with Crippen molar-refractivity contribution in [2.45, 2.75) is 37.8 Å². The fourth-order valence-corrected chi connectivity index (χ4v) is 5.48. The van der Waals surface area contributed by atoms with Crippen molar-refractivity contribution in [1.82, 2.24) is 15.5 Å². The number of nitrogens with two attached hydrogens (primary N) is 1. The van der Waals surface area contributed by atoms with Crippen LogP contribution in [-0.2, 0) is 20.8 Å². The highest BCUT2D eigenvalue weighted by Crippen LogP contribution is 2.30. The number of benzene rings is 3. The molecule has 2 aliphatic rings. The van der Waals surface area contributed by atoms with Crippen molar-refractivity contribution in [2.75, 3.05) is 19.7 Å². The molecule has 1 saturated heterocycles. The summed E-state index contributed by atoms with van der Waals surface area (Å²) in [4.78, 5) is 52.5. The molecule has 9 nitrogen and oxygen atoms in total. The average molecular weight is 529 g/mol. The van der Waals surface area contributed by atoms with Crippen molar-refractivity contribution in [3.8, 4) is 5.75 Å². The van der Waals surface area contributed by atoms with E-state index in [1.165, 1.54) is 10.9 Å². The molecule has 4 N–H and O–H groups in total. The minimum absolute atomic E-state index is 0.0181. The number of rotatable bonds is 3. The maximum atomic E-state index is 13.2. The van der Waals surface area contributed by atoms with Crippen LogP contribution in [0.2, 0.25) is 0 Å². The normalized spacial score (nSPS) is 22.5. The van der Waals surface area contributed by atoms with Crippen LogP contribution >= 0.6 is 0 Å². The lowest BCUT2D eigenvalue weighted by Crippen LogP contribution is -2.46. The van der Waals surface area contributed by atoms with Gasteiger partial charge in [0.25, 0.3) is 5.91 Å². The zero-order valence-corrected chi connectivity index (χ0v) is 21.6. The molecule has 0 radical (unpaired) electrons. The number of hydrogen-bond acceptors (Lipinski definition) is 5. The molecule has 202 valence electrons. The Morgan fingerprint density at radius 3 is 2.56 bits per heavy atom. The summed E-state index contributed by atoms with van der Waals surface area (Å²) in [6.07, 6.45) is 1.51. The summed E-state index contributed by atoms with van der Waals surface area (Å²) in [5, 5.41) is 7.61. The first kappa shape index (κ1) is 26.2. The van der Waals surface area contributed by atoms with E-state index in [0.717, 1.165) is 18.2 Å². The number of para-hydroxylation sites is 1. The first-order valence-corrected chi connectivity index (χ1v) is 13.2. The Morgan fingerprint density at radius 2 is 1.74 bits per heavy atom. The van der Waals surface area contributed by atoms with Crippen LogP contribution in [0.1, 0.15) is 35.2 Å². The molecular formula is C30H32N4O5. The van der Waals surface area contributed by atoms with Gasteiger partial charge in [0.05, 0.1) is 18.2 Å². The number of primary amides is 1. The summed E-state index contributed by atoms with van der Waals surface area (Å²) in [6.45, 7) is 0.580. The van der Waals surface area contributed by atoms with Gasteiger partial charge in [0.15, 0.2) is 0 Å². The van der Waals surface area contributed by atoms with Crippen molar-refractivity contribution in [3.63, 3.8) is 0 Å². The van der Waals surface area contributed by atoms with Gasteiger partial charge in [-0.15, -0.1) is 0 Å². The van der Waals surface area contributed by atoms with Crippen LogP contribution in [0.4, 0.5) is 0 Å². The molecule has 3 aromatic rings. The third kappa shape index (κ3) is 6.03. The molecule has 4 amide bonds. The molecule has 39 heavy (non-hydrogen) atoms. The van der Waals surface area contributed by atoms with Gasteiger partial charge < -0.3 is 26.0 Å². The van der Waals surface area contributed by atoms with Crippen molar-refractivity contribution >= 4 is 34.4 Å². The molecule has 2 heterocycles. The van der Waals surface area contributed by atoms with Crippen LogP contribution in [0.3, 0.4) is 0 Å². The zero-order valence-electron chi connectivity index (χ0n) is 21.6. The Hall–Kier alpha value is -4.40. The van der Waals surface area contributed by atoms with Gasteiger partial charge in [-0.05, 0) is 53.6 Å². The maximum absolute atomic E-state index is 13.2. The minimum atomic E-state index is -1.04. The SMILES string of the molecule is NC(=O)C1CCC(=O)NCC(=O)N2CCC(Cc3ccc4ccccc4c3)C2COc2ccccc2C(=O)N1. The number of carbonyl (C=O) groups is 4. The van der Waals surface area contributed by atoms with Gasteiger partial charge in [0.1, 0.15) is 18.4 Å². The molecule has 3 aromatic carbocycles. The van der Waals surface area contributed by atoms with Gasteiger partial charge >= 0.3 is 0 Å². The molecule has 0 saturated carbocycles. The van der Waals surface area contributed by atoms with E-state index in [9.17, 15) is 19.2 Å². The van der Waals surface area contributed by atoms with Gasteiger partial charge in [0.2, 0.25) is 17.7 Å². The number of nitrogens with one attached hydrogen (secondary N) is 2. The lowest BCUT2D eigenvalue weighted by atomic mass is 9.91. The summed E-state index contributed by atoms with van der Waals surface area (Å²) in [5.74, 6) is -1.36. The average Bonchev–Trinajstić information content (AvgIpc) is 3.34. The lowest BCUT2D eigenvalue weighted by Gasteiger charge is -2.29.